The minimum absolute atomic E-state index is 0.0464. The van der Waals surface area contributed by atoms with Crippen LogP contribution in [0.4, 0.5) is 0 Å². The molecular formula is C14H21N3O. The van der Waals surface area contributed by atoms with Gasteiger partial charge in [0.05, 0.1) is 11.2 Å². The molecule has 0 amide bonds. The van der Waals surface area contributed by atoms with Crippen LogP contribution in [0.3, 0.4) is 0 Å². The van der Waals surface area contributed by atoms with E-state index in [2.05, 4.69) is 9.97 Å². The van der Waals surface area contributed by atoms with E-state index in [1.54, 1.807) is 0 Å². The van der Waals surface area contributed by atoms with Crippen molar-refractivity contribution in [2.24, 2.45) is 5.73 Å². The van der Waals surface area contributed by atoms with Crippen LogP contribution >= 0.6 is 0 Å². The zero-order chi connectivity index (χ0) is 12.6. The lowest BCUT2D eigenvalue weighted by Gasteiger charge is -2.32. The quantitative estimate of drug-likeness (QED) is 0.794. The maximum absolute atomic E-state index is 12.1. The van der Waals surface area contributed by atoms with Gasteiger partial charge >= 0.3 is 0 Å². The Morgan fingerprint density at radius 2 is 1.78 bits per heavy atom. The van der Waals surface area contributed by atoms with Gasteiger partial charge in [0.25, 0.3) is 5.56 Å². The number of nitrogens with zero attached hydrogens (tertiary/aromatic N) is 1. The van der Waals surface area contributed by atoms with E-state index < -0.39 is 5.54 Å². The van der Waals surface area contributed by atoms with E-state index in [4.69, 9.17) is 5.73 Å². The summed E-state index contributed by atoms with van der Waals surface area (Å²) in [6.45, 7) is 0. The number of H-pyrrole nitrogens is 1. The number of nitrogens with two attached hydrogens (primary N) is 1. The van der Waals surface area contributed by atoms with Crippen molar-refractivity contribution in [1.82, 2.24) is 9.97 Å². The van der Waals surface area contributed by atoms with E-state index in [1.165, 1.54) is 6.42 Å². The summed E-state index contributed by atoms with van der Waals surface area (Å²) in [5.74, 6) is 0.729. The van der Waals surface area contributed by atoms with Gasteiger partial charge in [-0.05, 0) is 38.5 Å². The Bertz CT molecular complexity index is 500. The fraction of sp³-hybridized carbons (Fsp3) is 0.714. The topological polar surface area (TPSA) is 71.8 Å². The molecular weight excluding hydrogens is 226 g/mol. The standard InChI is InChI=1S/C14H21N3O/c15-14(8-4-1-5-9-14)13-16-11-7-3-2-6-10(11)12(18)17-13/h1-9,15H2,(H,16,17,18). The van der Waals surface area contributed by atoms with Crippen LogP contribution in [-0.2, 0) is 18.4 Å². The molecule has 0 bridgehead atoms. The summed E-state index contributed by atoms with van der Waals surface area (Å²) in [6.07, 6.45) is 9.44. The third-order valence-corrected chi connectivity index (χ3v) is 4.41. The number of aromatic nitrogens is 2. The Balaban J connectivity index is 2.02. The van der Waals surface area contributed by atoms with Crippen molar-refractivity contribution < 1.29 is 0 Å². The lowest BCUT2D eigenvalue weighted by atomic mass is 9.81. The highest BCUT2D eigenvalue weighted by atomic mass is 16.1. The van der Waals surface area contributed by atoms with Gasteiger partial charge in [0.1, 0.15) is 5.82 Å². The van der Waals surface area contributed by atoms with Crippen molar-refractivity contribution in [3.63, 3.8) is 0 Å². The van der Waals surface area contributed by atoms with Gasteiger partial charge in [-0.25, -0.2) is 4.98 Å². The molecule has 1 heterocycles. The zero-order valence-electron chi connectivity index (χ0n) is 10.8. The summed E-state index contributed by atoms with van der Waals surface area (Å²) in [4.78, 5) is 19.8. The molecule has 4 nitrogen and oxygen atoms in total. The van der Waals surface area contributed by atoms with Crippen LogP contribution in [0, 0.1) is 0 Å². The van der Waals surface area contributed by atoms with Gasteiger partial charge in [0, 0.05) is 5.56 Å². The van der Waals surface area contributed by atoms with E-state index in [-0.39, 0.29) is 5.56 Å². The van der Waals surface area contributed by atoms with Crippen LogP contribution in [0.2, 0.25) is 0 Å². The van der Waals surface area contributed by atoms with Crippen LogP contribution in [0.5, 0.6) is 0 Å². The van der Waals surface area contributed by atoms with E-state index in [0.717, 1.165) is 68.4 Å². The molecule has 0 unspecified atom stereocenters. The SMILES string of the molecule is NC1(c2nc3c(c(=O)[nH]2)CCCC3)CCCCC1. The maximum Gasteiger partial charge on any atom is 0.254 e. The molecule has 4 heteroatoms. The third-order valence-electron chi connectivity index (χ3n) is 4.41. The van der Waals surface area contributed by atoms with Crippen molar-refractivity contribution in [3.8, 4) is 0 Å². The van der Waals surface area contributed by atoms with E-state index in [1.807, 2.05) is 0 Å². The minimum atomic E-state index is -0.399. The van der Waals surface area contributed by atoms with Crippen molar-refractivity contribution in [3.05, 3.63) is 27.4 Å². The summed E-state index contributed by atoms with van der Waals surface area (Å²) in [5.41, 5.74) is 7.99. The van der Waals surface area contributed by atoms with Gasteiger partial charge in [0.2, 0.25) is 0 Å². The highest BCUT2D eigenvalue weighted by Gasteiger charge is 2.33. The molecule has 3 N–H and O–H groups in total. The summed E-state index contributed by atoms with van der Waals surface area (Å²) < 4.78 is 0. The highest BCUT2D eigenvalue weighted by Crippen LogP contribution is 2.33. The van der Waals surface area contributed by atoms with Gasteiger partial charge < -0.3 is 10.7 Å². The van der Waals surface area contributed by atoms with Crippen molar-refractivity contribution >= 4 is 0 Å². The first kappa shape index (κ1) is 11.9. The highest BCUT2D eigenvalue weighted by molar-refractivity contribution is 5.23. The number of nitrogens with one attached hydrogen (secondary N) is 1. The predicted molar refractivity (Wildman–Crippen MR) is 70.5 cm³/mol. The molecule has 3 rings (SSSR count). The molecule has 1 aromatic rings. The molecule has 0 aliphatic heterocycles. The second-order valence-electron chi connectivity index (χ2n) is 5.76. The molecule has 0 atom stereocenters. The molecule has 0 aromatic carbocycles. The lowest BCUT2D eigenvalue weighted by molar-refractivity contribution is 0.285. The first-order valence-corrected chi connectivity index (χ1v) is 7.10. The van der Waals surface area contributed by atoms with E-state index >= 15 is 0 Å². The molecule has 0 radical (unpaired) electrons. The maximum atomic E-state index is 12.1. The van der Waals surface area contributed by atoms with Crippen molar-refractivity contribution in [1.29, 1.82) is 0 Å². The molecule has 2 aliphatic rings. The normalized spacial score (nSPS) is 22.5. The monoisotopic (exact) mass is 247 g/mol. The second-order valence-corrected chi connectivity index (χ2v) is 5.76. The number of rotatable bonds is 1. The molecule has 18 heavy (non-hydrogen) atoms. The second kappa shape index (κ2) is 4.50. The summed E-state index contributed by atoms with van der Waals surface area (Å²) in [7, 11) is 0. The van der Waals surface area contributed by atoms with Gasteiger partial charge in [-0.2, -0.15) is 0 Å². The minimum Gasteiger partial charge on any atom is -0.319 e. The van der Waals surface area contributed by atoms with Gasteiger partial charge in [-0.3, -0.25) is 4.79 Å². The van der Waals surface area contributed by atoms with Gasteiger partial charge in [0.15, 0.2) is 0 Å². The van der Waals surface area contributed by atoms with E-state index in [0.29, 0.717) is 0 Å². The Kier molecular flexibility index (Phi) is 2.98. The lowest BCUT2D eigenvalue weighted by Crippen LogP contribution is -2.42. The predicted octanol–water partition coefficient (Wildman–Crippen LogP) is 1.77. The summed E-state index contributed by atoms with van der Waals surface area (Å²) >= 11 is 0. The molecule has 0 spiro atoms. The molecule has 2 aliphatic carbocycles. The smallest absolute Gasteiger partial charge is 0.254 e. The van der Waals surface area contributed by atoms with Crippen LogP contribution in [0.25, 0.3) is 0 Å². The van der Waals surface area contributed by atoms with Gasteiger partial charge in [-0.1, -0.05) is 19.3 Å². The fourth-order valence-corrected chi connectivity index (χ4v) is 3.26. The third kappa shape index (κ3) is 1.99. The molecule has 1 saturated carbocycles. The van der Waals surface area contributed by atoms with Gasteiger partial charge in [-0.15, -0.1) is 0 Å². The van der Waals surface area contributed by atoms with Crippen LogP contribution in [-0.4, -0.2) is 9.97 Å². The van der Waals surface area contributed by atoms with E-state index in [9.17, 15) is 4.79 Å². The van der Waals surface area contributed by atoms with Crippen LogP contribution in [0.15, 0.2) is 4.79 Å². The number of fused-ring (bicyclic) bond motifs is 1. The zero-order valence-corrected chi connectivity index (χ0v) is 10.8. The molecule has 1 aromatic heterocycles. The summed E-state index contributed by atoms with van der Waals surface area (Å²) in [6, 6.07) is 0. The number of hydrogen-bond acceptors (Lipinski definition) is 3. The molecule has 1 fully saturated rings. The average Bonchev–Trinajstić information content (AvgIpc) is 2.39. The summed E-state index contributed by atoms with van der Waals surface area (Å²) in [5, 5.41) is 0. The average molecular weight is 247 g/mol. The molecule has 98 valence electrons. The van der Waals surface area contributed by atoms with Crippen LogP contribution in [0.1, 0.15) is 62.0 Å². The number of aryl methyl sites for hydroxylation is 1. The van der Waals surface area contributed by atoms with Crippen molar-refractivity contribution in [2.45, 2.75) is 63.3 Å². The number of hydrogen-bond donors (Lipinski definition) is 2. The first-order chi connectivity index (χ1) is 8.69. The first-order valence-electron chi connectivity index (χ1n) is 7.10. The largest absolute Gasteiger partial charge is 0.319 e. The Morgan fingerprint density at radius 1 is 1.06 bits per heavy atom. The van der Waals surface area contributed by atoms with Crippen LogP contribution < -0.4 is 11.3 Å². The Morgan fingerprint density at radius 3 is 2.56 bits per heavy atom. The molecule has 0 saturated heterocycles. The fourth-order valence-electron chi connectivity index (χ4n) is 3.26. The Hall–Kier alpha value is -1.16. The number of aromatic amines is 1. The van der Waals surface area contributed by atoms with Crippen molar-refractivity contribution in [2.75, 3.05) is 0 Å². The Labute approximate surface area is 107 Å².